The lowest BCUT2D eigenvalue weighted by molar-refractivity contribution is -0.141. The topological polar surface area (TPSA) is 101 Å². The number of nitrogens with one attached hydrogen (secondary N) is 1. The number of carbonyl (C=O) groups excluding carboxylic acids is 1. The number of rotatable bonds is 5. The van der Waals surface area contributed by atoms with Crippen LogP contribution in [-0.4, -0.2) is 32.6 Å². The molecule has 0 saturated carbocycles. The largest absolute Gasteiger partial charge is 0.480 e. The molecule has 116 valence electrons. The van der Waals surface area contributed by atoms with Crippen LogP contribution >= 0.6 is 0 Å². The number of fused-ring (bicyclic) bond motifs is 1. The van der Waals surface area contributed by atoms with Crippen LogP contribution < -0.4 is 10.9 Å². The standard InChI is InChI=1S/C15H17N3O4/c1-9-4-3-5-11-13(9)16-8-18(14(11)20)7-6-12(19)17-10(2)15(21)22/h3-5,8,10H,6-7H2,1-2H3,(H,17,19)(H,21,22)/t10-/m0/s1. The Bertz CT molecular complexity index is 782. The number of hydrogen-bond donors (Lipinski definition) is 2. The van der Waals surface area contributed by atoms with Crippen molar-refractivity contribution in [1.82, 2.24) is 14.9 Å². The number of nitrogens with zero attached hydrogens (tertiary/aromatic N) is 2. The van der Waals surface area contributed by atoms with Crippen molar-refractivity contribution in [1.29, 1.82) is 0 Å². The van der Waals surface area contributed by atoms with Crippen LogP contribution in [0.25, 0.3) is 10.9 Å². The van der Waals surface area contributed by atoms with Crippen LogP contribution in [0.1, 0.15) is 18.9 Å². The summed E-state index contributed by atoms with van der Waals surface area (Å²) in [6.07, 6.45) is 1.42. The highest BCUT2D eigenvalue weighted by atomic mass is 16.4. The highest BCUT2D eigenvalue weighted by Gasteiger charge is 2.14. The molecule has 7 heteroatoms. The Morgan fingerprint density at radius 2 is 2.14 bits per heavy atom. The molecular formula is C15H17N3O4. The van der Waals surface area contributed by atoms with Crippen LogP contribution in [0.2, 0.25) is 0 Å². The fourth-order valence-corrected chi connectivity index (χ4v) is 2.09. The Morgan fingerprint density at radius 3 is 2.82 bits per heavy atom. The fraction of sp³-hybridized carbons (Fsp3) is 0.333. The molecule has 1 atom stereocenters. The summed E-state index contributed by atoms with van der Waals surface area (Å²) in [7, 11) is 0. The van der Waals surface area contributed by atoms with E-state index in [1.165, 1.54) is 17.8 Å². The van der Waals surface area contributed by atoms with Gasteiger partial charge in [-0.2, -0.15) is 0 Å². The van der Waals surface area contributed by atoms with E-state index in [2.05, 4.69) is 10.3 Å². The fourth-order valence-electron chi connectivity index (χ4n) is 2.09. The predicted molar refractivity (Wildman–Crippen MR) is 80.6 cm³/mol. The molecule has 0 aliphatic rings. The number of hydrogen-bond acceptors (Lipinski definition) is 4. The van der Waals surface area contributed by atoms with Gasteiger partial charge in [0.2, 0.25) is 5.91 Å². The molecule has 1 heterocycles. The van der Waals surface area contributed by atoms with Crippen molar-refractivity contribution in [3.8, 4) is 0 Å². The molecule has 0 unspecified atom stereocenters. The smallest absolute Gasteiger partial charge is 0.325 e. The van der Waals surface area contributed by atoms with Crippen molar-refractivity contribution in [2.24, 2.45) is 0 Å². The number of carboxylic acids is 1. The van der Waals surface area contributed by atoms with Crippen molar-refractivity contribution in [2.75, 3.05) is 0 Å². The van der Waals surface area contributed by atoms with Gasteiger partial charge in [-0.3, -0.25) is 19.0 Å². The average Bonchev–Trinajstić information content (AvgIpc) is 2.47. The highest BCUT2D eigenvalue weighted by molar-refractivity contribution is 5.83. The van der Waals surface area contributed by atoms with E-state index in [0.29, 0.717) is 10.9 Å². The van der Waals surface area contributed by atoms with E-state index in [1.54, 1.807) is 12.1 Å². The molecular weight excluding hydrogens is 286 g/mol. The highest BCUT2D eigenvalue weighted by Crippen LogP contribution is 2.11. The Labute approximate surface area is 126 Å². The Balaban J connectivity index is 2.13. The van der Waals surface area contributed by atoms with Gasteiger partial charge < -0.3 is 10.4 Å². The van der Waals surface area contributed by atoms with Gasteiger partial charge >= 0.3 is 5.97 Å². The number of aromatic nitrogens is 2. The van der Waals surface area contributed by atoms with Gasteiger partial charge in [-0.15, -0.1) is 0 Å². The van der Waals surface area contributed by atoms with E-state index < -0.39 is 17.9 Å². The first kappa shape index (κ1) is 15.7. The van der Waals surface area contributed by atoms with Crippen LogP contribution in [-0.2, 0) is 16.1 Å². The van der Waals surface area contributed by atoms with Gasteiger partial charge in [0.05, 0.1) is 17.2 Å². The van der Waals surface area contributed by atoms with E-state index in [1.807, 2.05) is 13.0 Å². The summed E-state index contributed by atoms with van der Waals surface area (Å²) in [5, 5.41) is 11.6. The lowest BCUT2D eigenvalue weighted by atomic mass is 10.1. The maximum atomic E-state index is 12.3. The van der Waals surface area contributed by atoms with Crippen LogP contribution in [0.5, 0.6) is 0 Å². The van der Waals surface area contributed by atoms with E-state index in [9.17, 15) is 14.4 Å². The third-order valence-electron chi connectivity index (χ3n) is 3.38. The summed E-state index contributed by atoms with van der Waals surface area (Å²) < 4.78 is 1.35. The summed E-state index contributed by atoms with van der Waals surface area (Å²) >= 11 is 0. The molecule has 0 saturated heterocycles. The number of carboxylic acid groups (broad SMARTS) is 1. The third-order valence-corrected chi connectivity index (χ3v) is 3.38. The molecule has 1 amide bonds. The van der Waals surface area contributed by atoms with Crippen LogP contribution in [0.15, 0.2) is 29.3 Å². The first-order valence-corrected chi connectivity index (χ1v) is 6.87. The van der Waals surface area contributed by atoms with Gasteiger partial charge in [0.25, 0.3) is 5.56 Å². The molecule has 0 bridgehead atoms. The number of aryl methyl sites for hydroxylation is 2. The molecule has 7 nitrogen and oxygen atoms in total. The zero-order valence-corrected chi connectivity index (χ0v) is 12.4. The SMILES string of the molecule is Cc1cccc2c(=O)n(CCC(=O)N[C@@H](C)C(=O)O)cnc12. The molecule has 1 aromatic heterocycles. The first-order valence-electron chi connectivity index (χ1n) is 6.87. The second-order valence-electron chi connectivity index (χ2n) is 5.09. The maximum absolute atomic E-state index is 12.3. The zero-order chi connectivity index (χ0) is 16.3. The first-order chi connectivity index (χ1) is 10.4. The van der Waals surface area contributed by atoms with Crippen molar-refractivity contribution in [3.05, 3.63) is 40.4 Å². The molecule has 0 aliphatic heterocycles. The van der Waals surface area contributed by atoms with Crippen molar-refractivity contribution < 1.29 is 14.7 Å². The number of benzene rings is 1. The normalized spacial score (nSPS) is 12.1. The third kappa shape index (κ3) is 3.30. The Morgan fingerprint density at radius 1 is 1.41 bits per heavy atom. The van der Waals surface area contributed by atoms with Crippen molar-refractivity contribution in [2.45, 2.75) is 32.9 Å². The van der Waals surface area contributed by atoms with E-state index in [4.69, 9.17) is 5.11 Å². The van der Waals surface area contributed by atoms with Crippen LogP contribution in [0, 0.1) is 6.92 Å². The van der Waals surface area contributed by atoms with Gasteiger partial charge in [-0.05, 0) is 25.5 Å². The van der Waals surface area contributed by atoms with Crippen molar-refractivity contribution >= 4 is 22.8 Å². The quantitative estimate of drug-likeness (QED) is 0.846. The second-order valence-corrected chi connectivity index (χ2v) is 5.09. The number of para-hydroxylation sites is 1. The summed E-state index contributed by atoms with van der Waals surface area (Å²) in [6.45, 7) is 3.40. The molecule has 1 aromatic carbocycles. The van der Waals surface area contributed by atoms with Crippen molar-refractivity contribution in [3.63, 3.8) is 0 Å². The Hall–Kier alpha value is -2.70. The molecule has 22 heavy (non-hydrogen) atoms. The summed E-state index contributed by atoms with van der Waals surface area (Å²) in [5.41, 5.74) is 1.34. The van der Waals surface area contributed by atoms with Gasteiger partial charge in [-0.25, -0.2) is 4.98 Å². The predicted octanol–water partition coefficient (Wildman–Crippen LogP) is 0.684. The summed E-state index contributed by atoms with van der Waals surface area (Å²) in [6, 6.07) is 4.40. The molecule has 2 rings (SSSR count). The van der Waals surface area contributed by atoms with Gasteiger partial charge in [0, 0.05) is 13.0 Å². The lowest BCUT2D eigenvalue weighted by Gasteiger charge is -2.10. The van der Waals surface area contributed by atoms with Crippen LogP contribution in [0.4, 0.5) is 0 Å². The molecule has 0 radical (unpaired) electrons. The molecule has 0 aliphatic carbocycles. The van der Waals surface area contributed by atoms with E-state index >= 15 is 0 Å². The minimum absolute atomic E-state index is 0.0104. The Kier molecular flexibility index (Phi) is 4.55. The number of amides is 1. The molecule has 0 spiro atoms. The summed E-state index contributed by atoms with van der Waals surface area (Å²) in [5.74, 6) is -1.53. The van der Waals surface area contributed by atoms with E-state index in [-0.39, 0.29) is 18.5 Å². The second kappa shape index (κ2) is 6.38. The zero-order valence-electron chi connectivity index (χ0n) is 12.4. The lowest BCUT2D eigenvalue weighted by Crippen LogP contribution is -2.39. The van der Waals surface area contributed by atoms with Gasteiger partial charge in [-0.1, -0.05) is 12.1 Å². The number of aliphatic carboxylic acids is 1. The maximum Gasteiger partial charge on any atom is 0.325 e. The minimum atomic E-state index is -1.10. The summed E-state index contributed by atoms with van der Waals surface area (Å²) in [4.78, 5) is 38.9. The number of carbonyl (C=O) groups is 2. The molecule has 2 N–H and O–H groups in total. The van der Waals surface area contributed by atoms with Gasteiger partial charge in [0.1, 0.15) is 6.04 Å². The van der Waals surface area contributed by atoms with E-state index in [0.717, 1.165) is 5.56 Å². The monoisotopic (exact) mass is 303 g/mol. The van der Waals surface area contributed by atoms with Crippen LogP contribution in [0.3, 0.4) is 0 Å². The minimum Gasteiger partial charge on any atom is -0.480 e. The van der Waals surface area contributed by atoms with Gasteiger partial charge in [0.15, 0.2) is 0 Å². The molecule has 2 aromatic rings. The molecule has 0 fully saturated rings. The average molecular weight is 303 g/mol.